The van der Waals surface area contributed by atoms with E-state index in [9.17, 15) is 5.11 Å². The molecule has 1 atom stereocenters. The van der Waals surface area contributed by atoms with Crippen LogP contribution in [0.1, 0.15) is 37.4 Å². The molecule has 2 aromatic heterocycles. The Kier molecular flexibility index (Phi) is 3.77. The fourth-order valence-corrected chi connectivity index (χ4v) is 2.23. The second-order valence-corrected chi connectivity index (χ2v) is 5.03. The highest BCUT2D eigenvalue weighted by Gasteiger charge is 2.26. The summed E-state index contributed by atoms with van der Waals surface area (Å²) in [6, 6.07) is 1.86. The average molecular weight is 315 g/mol. The molecule has 0 fully saturated rings. The van der Waals surface area contributed by atoms with Crippen LogP contribution in [0.4, 0.5) is 0 Å². The van der Waals surface area contributed by atoms with Crippen molar-refractivity contribution in [1.29, 1.82) is 0 Å². The highest BCUT2D eigenvalue weighted by molar-refractivity contribution is 9.10. The lowest BCUT2D eigenvalue weighted by Crippen LogP contribution is -2.13. The van der Waals surface area contributed by atoms with Gasteiger partial charge in [0.2, 0.25) is 0 Å². The van der Waals surface area contributed by atoms with Crippen molar-refractivity contribution in [2.45, 2.75) is 26.0 Å². The summed E-state index contributed by atoms with van der Waals surface area (Å²) in [5.41, 5.74) is 0.586. The molecule has 0 saturated carbocycles. The van der Waals surface area contributed by atoms with Gasteiger partial charge in [-0.05, 0) is 35.8 Å². The molecule has 1 N–H and O–H groups in total. The van der Waals surface area contributed by atoms with Crippen molar-refractivity contribution < 1.29 is 14.3 Å². The molecule has 0 radical (unpaired) electrons. The van der Waals surface area contributed by atoms with Crippen LogP contribution in [0, 0.1) is 0 Å². The number of aliphatic hydroxyl groups is 1. The first-order chi connectivity index (χ1) is 8.56. The Labute approximate surface area is 113 Å². The summed E-state index contributed by atoms with van der Waals surface area (Å²) in [7, 11) is 1.55. The third kappa shape index (κ3) is 2.18. The third-order valence-corrected chi connectivity index (χ3v) is 3.31. The van der Waals surface area contributed by atoms with E-state index >= 15 is 0 Å². The van der Waals surface area contributed by atoms with Gasteiger partial charge in [0.1, 0.15) is 5.69 Å². The fraction of sp³-hybridized carbons (Fsp3) is 0.417. The Morgan fingerprint density at radius 1 is 1.50 bits per heavy atom. The second kappa shape index (κ2) is 5.16. The molecule has 0 bridgehead atoms. The predicted octanol–water partition coefficient (Wildman–Crippen LogP) is 2.91. The van der Waals surface area contributed by atoms with Crippen molar-refractivity contribution in [2.24, 2.45) is 0 Å². The summed E-state index contributed by atoms with van der Waals surface area (Å²) >= 11 is 3.34. The van der Waals surface area contributed by atoms with Crippen LogP contribution in [0.2, 0.25) is 0 Å². The van der Waals surface area contributed by atoms with Crippen molar-refractivity contribution in [2.75, 3.05) is 7.11 Å². The molecule has 1 unspecified atom stereocenters. The topological polar surface area (TPSA) is 60.4 Å². The number of hydrogen-bond acceptors (Lipinski definition) is 4. The van der Waals surface area contributed by atoms with Crippen LogP contribution < -0.4 is 4.74 Å². The van der Waals surface area contributed by atoms with Gasteiger partial charge < -0.3 is 14.3 Å². The summed E-state index contributed by atoms with van der Waals surface area (Å²) in [6.07, 6.45) is 2.19. The maximum Gasteiger partial charge on any atom is 0.163 e. The average Bonchev–Trinajstić information content (AvgIpc) is 2.93. The zero-order valence-corrected chi connectivity index (χ0v) is 12.0. The van der Waals surface area contributed by atoms with Gasteiger partial charge in [0.25, 0.3) is 0 Å². The second-order valence-electron chi connectivity index (χ2n) is 4.17. The van der Waals surface area contributed by atoms with Crippen LogP contribution >= 0.6 is 15.9 Å². The lowest BCUT2D eigenvalue weighted by atomic mass is 10.2. The van der Waals surface area contributed by atoms with E-state index in [-0.39, 0.29) is 6.04 Å². The van der Waals surface area contributed by atoms with E-state index in [4.69, 9.17) is 9.15 Å². The van der Waals surface area contributed by atoms with E-state index in [2.05, 4.69) is 21.0 Å². The van der Waals surface area contributed by atoms with Gasteiger partial charge in [-0.25, -0.2) is 0 Å². The number of methoxy groups -OCH3 is 1. The molecule has 0 amide bonds. The molecule has 0 aliphatic carbocycles. The van der Waals surface area contributed by atoms with Crippen LogP contribution in [0.3, 0.4) is 0 Å². The van der Waals surface area contributed by atoms with E-state index in [1.807, 2.05) is 13.8 Å². The first-order valence-corrected chi connectivity index (χ1v) is 6.38. The molecule has 2 aromatic rings. The Hall–Kier alpha value is -1.27. The molecule has 98 valence electrons. The van der Waals surface area contributed by atoms with Crippen LogP contribution in [0.25, 0.3) is 0 Å². The van der Waals surface area contributed by atoms with Crippen LogP contribution in [-0.2, 0) is 0 Å². The molecule has 18 heavy (non-hydrogen) atoms. The molecular formula is C12H15BrN2O3. The largest absolute Gasteiger partial charge is 0.493 e. The standard InChI is InChI=1S/C12H15BrN2O3/c1-7(2)15-10(9(17-3)6-14-15)11(16)12-8(13)4-5-18-12/h4-7,11,16H,1-3H3. The SMILES string of the molecule is COc1cnn(C(C)C)c1C(O)c1occc1Br. The molecule has 0 saturated heterocycles. The van der Waals surface area contributed by atoms with Crippen molar-refractivity contribution in [3.8, 4) is 5.75 Å². The monoisotopic (exact) mass is 314 g/mol. The summed E-state index contributed by atoms with van der Waals surface area (Å²) in [5.74, 6) is 0.982. The van der Waals surface area contributed by atoms with E-state index < -0.39 is 6.10 Å². The lowest BCUT2D eigenvalue weighted by Gasteiger charge is -2.16. The van der Waals surface area contributed by atoms with Crippen LogP contribution in [0.15, 0.2) is 27.4 Å². The van der Waals surface area contributed by atoms with E-state index in [1.165, 1.54) is 6.26 Å². The van der Waals surface area contributed by atoms with Gasteiger partial charge in [0.15, 0.2) is 17.6 Å². The quantitative estimate of drug-likeness (QED) is 0.942. The molecule has 0 aliphatic rings. The predicted molar refractivity (Wildman–Crippen MR) is 69.6 cm³/mol. The van der Waals surface area contributed by atoms with Gasteiger partial charge >= 0.3 is 0 Å². The molecule has 5 nitrogen and oxygen atoms in total. The maximum absolute atomic E-state index is 10.4. The fourth-order valence-electron chi connectivity index (χ4n) is 1.81. The van der Waals surface area contributed by atoms with E-state index in [0.717, 1.165) is 0 Å². The zero-order valence-electron chi connectivity index (χ0n) is 10.4. The Morgan fingerprint density at radius 3 is 2.72 bits per heavy atom. The van der Waals surface area contributed by atoms with Crippen LogP contribution in [0.5, 0.6) is 5.75 Å². The minimum atomic E-state index is -0.922. The normalized spacial score (nSPS) is 13.0. The Morgan fingerprint density at radius 2 is 2.22 bits per heavy atom. The van der Waals surface area contributed by atoms with Crippen molar-refractivity contribution in [3.05, 3.63) is 34.5 Å². The van der Waals surface area contributed by atoms with Gasteiger partial charge in [0, 0.05) is 6.04 Å². The Balaban J connectivity index is 2.49. The summed E-state index contributed by atoms with van der Waals surface area (Å²) < 4.78 is 13.0. The molecule has 2 rings (SSSR count). The number of ether oxygens (including phenoxy) is 1. The number of aromatic nitrogens is 2. The Bertz CT molecular complexity index is 533. The van der Waals surface area contributed by atoms with Gasteiger partial charge in [-0.15, -0.1) is 0 Å². The minimum absolute atomic E-state index is 0.118. The molecule has 0 aromatic carbocycles. The number of aliphatic hydroxyl groups excluding tert-OH is 1. The van der Waals surface area contributed by atoms with Gasteiger partial charge in [-0.3, -0.25) is 4.68 Å². The smallest absolute Gasteiger partial charge is 0.163 e. The number of furan rings is 1. The molecule has 0 aliphatic heterocycles. The molecule has 6 heteroatoms. The van der Waals surface area contributed by atoms with Gasteiger partial charge in [-0.1, -0.05) is 0 Å². The minimum Gasteiger partial charge on any atom is -0.493 e. The summed E-state index contributed by atoms with van der Waals surface area (Å²) in [5, 5.41) is 14.6. The zero-order chi connectivity index (χ0) is 13.3. The number of hydrogen-bond donors (Lipinski definition) is 1. The maximum atomic E-state index is 10.4. The first kappa shape index (κ1) is 13.2. The lowest BCUT2D eigenvalue weighted by molar-refractivity contribution is 0.171. The number of nitrogens with zero attached hydrogens (tertiary/aromatic N) is 2. The van der Waals surface area contributed by atoms with Gasteiger partial charge in [0.05, 0.1) is 24.0 Å². The molecular weight excluding hydrogens is 300 g/mol. The number of rotatable bonds is 4. The van der Waals surface area contributed by atoms with E-state index in [0.29, 0.717) is 21.7 Å². The third-order valence-electron chi connectivity index (χ3n) is 2.66. The van der Waals surface area contributed by atoms with Crippen molar-refractivity contribution >= 4 is 15.9 Å². The van der Waals surface area contributed by atoms with Crippen molar-refractivity contribution in [1.82, 2.24) is 9.78 Å². The number of halogens is 1. The van der Waals surface area contributed by atoms with Crippen molar-refractivity contribution in [3.63, 3.8) is 0 Å². The van der Waals surface area contributed by atoms with Crippen LogP contribution in [-0.4, -0.2) is 22.0 Å². The summed E-state index contributed by atoms with van der Waals surface area (Å²) in [6.45, 7) is 3.97. The molecule has 2 heterocycles. The molecule has 0 spiro atoms. The first-order valence-electron chi connectivity index (χ1n) is 5.58. The highest BCUT2D eigenvalue weighted by Crippen LogP contribution is 2.35. The van der Waals surface area contributed by atoms with Gasteiger partial charge in [-0.2, -0.15) is 5.10 Å². The highest BCUT2D eigenvalue weighted by atomic mass is 79.9. The summed E-state index contributed by atoms with van der Waals surface area (Å²) in [4.78, 5) is 0. The van der Waals surface area contributed by atoms with E-state index in [1.54, 1.807) is 24.1 Å².